The molecule has 0 aromatic heterocycles. The summed E-state index contributed by atoms with van der Waals surface area (Å²) in [5.41, 5.74) is 2.57. The lowest BCUT2D eigenvalue weighted by atomic mass is 9.71. The molecule has 112 valence electrons. The predicted molar refractivity (Wildman–Crippen MR) is 90.8 cm³/mol. The average molecular weight is 264 g/mol. The molecular weight excluding hydrogens is 228 g/mol. The molecule has 19 heavy (non-hydrogen) atoms. The van der Waals surface area contributed by atoms with Gasteiger partial charge in [0.1, 0.15) is 0 Å². The minimum atomic E-state index is 0. The van der Waals surface area contributed by atoms with Crippen molar-refractivity contribution in [3.63, 3.8) is 0 Å². The van der Waals surface area contributed by atoms with E-state index in [9.17, 15) is 0 Å². The summed E-state index contributed by atoms with van der Waals surface area (Å²) in [6.07, 6.45) is 0. The van der Waals surface area contributed by atoms with E-state index in [2.05, 4.69) is 92.6 Å². The highest BCUT2D eigenvalue weighted by molar-refractivity contribution is 5.21. The Kier molecular flexibility index (Phi) is 7.70. The van der Waals surface area contributed by atoms with Gasteiger partial charge in [0, 0.05) is 0 Å². The zero-order valence-corrected chi connectivity index (χ0v) is 13.9. The van der Waals surface area contributed by atoms with Crippen LogP contribution in [0.2, 0.25) is 0 Å². The Morgan fingerprint density at radius 3 is 1.05 bits per heavy atom. The summed E-state index contributed by atoms with van der Waals surface area (Å²) < 4.78 is 0. The molecule has 0 saturated heterocycles. The fourth-order valence-electron chi connectivity index (χ4n) is 0.938. The fourth-order valence-corrected chi connectivity index (χ4v) is 0.938. The zero-order valence-electron chi connectivity index (χ0n) is 13.9. The molecule has 1 rings (SSSR count). The van der Waals surface area contributed by atoms with E-state index in [1.54, 1.807) is 0 Å². The molecule has 1 aromatic carbocycles. The Morgan fingerprint density at radius 2 is 0.895 bits per heavy atom. The summed E-state index contributed by atoms with van der Waals surface area (Å²) in [6.45, 7) is 20.3. The number of hydrogen-bond acceptors (Lipinski definition) is 0. The molecule has 0 atom stereocenters. The van der Waals surface area contributed by atoms with Crippen molar-refractivity contribution in [3.8, 4) is 0 Å². The molecule has 0 aliphatic carbocycles. The first kappa shape index (κ1) is 20.5. The van der Waals surface area contributed by atoms with Crippen LogP contribution in [0.25, 0.3) is 0 Å². The molecule has 0 N–H and O–H groups in total. The van der Waals surface area contributed by atoms with Crippen molar-refractivity contribution in [1.82, 2.24) is 0 Å². The summed E-state index contributed by atoms with van der Waals surface area (Å²) in [5.74, 6) is 0. The monoisotopic (exact) mass is 264 g/mol. The maximum absolute atomic E-state index is 2.27. The largest absolute Gasteiger partial charge is 0.0776 e. The van der Waals surface area contributed by atoms with Gasteiger partial charge in [-0.2, -0.15) is 0 Å². The molecule has 0 radical (unpaired) electrons. The highest BCUT2D eigenvalue weighted by atomic mass is 14.3. The minimum Gasteiger partial charge on any atom is -0.0776 e. The van der Waals surface area contributed by atoms with E-state index in [0.29, 0.717) is 16.2 Å². The standard InChI is InChI=1S/C10H14.C8H18.CH4/c1-10(2,3)9-7-5-4-6-8-9;1-7(2,3)8(4,5)6;/h4-8H,1-3H3;1-6H3;1H4. The SMILES string of the molecule is C.CC(C)(C)C(C)(C)C.CC(C)(C)c1ccccc1. The first-order chi connectivity index (χ1) is 7.86. The lowest BCUT2D eigenvalue weighted by molar-refractivity contribution is 0.157. The van der Waals surface area contributed by atoms with Gasteiger partial charge in [-0.3, -0.25) is 0 Å². The molecular formula is C19H36. The Labute approximate surface area is 122 Å². The fraction of sp³-hybridized carbons (Fsp3) is 0.684. The van der Waals surface area contributed by atoms with Crippen molar-refractivity contribution in [2.24, 2.45) is 10.8 Å². The van der Waals surface area contributed by atoms with Crippen molar-refractivity contribution in [1.29, 1.82) is 0 Å². The normalized spacial score (nSPS) is 12.1. The van der Waals surface area contributed by atoms with Crippen LogP contribution in [0.5, 0.6) is 0 Å². The second-order valence-electron chi connectivity index (χ2n) is 8.12. The molecule has 0 bridgehead atoms. The maximum atomic E-state index is 2.27. The van der Waals surface area contributed by atoms with Crippen molar-refractivity contribution >= 4 is 0 Å². The molecule has 0 spiro atoms. The summed E-state index contributed by atoms with van der Waals surface area (Å²) in [5, 5.41) is 0. The molecule has 0 unspecified atom stereocenters. The van der Waals surface area contributed by atoms with E-state index >= 15 is 0 Å². The van der Waals surface area contributed by atoms with Gasteiger partial charge < -0.3 is 0 Å². The Hall–Kier alpha value is -0.780. The number of benzene rings is 1. The van der Waals surface area contributed by atoms with E-state index in [-0.39, 0.29) is 7.43 Å². The topological polar surface area (TPSA) is 0 Å². The van der Waals surface area contributed by atoms with Crippen LogP contribution in [0.1, 0.15) is 75.3 Å². The third kappa shape index (κ3) is 8.08. The summed E-state index contributed by atoms with van der Waals surface area (Å²) in [7, 11) is 0. The van der Waals surface area contributed by atoms with E-state index in [1.165, 1.54) is 5.56 Å². The van der Waals surface area contributed by atoms with Gasteiger partial charge in [0.05, 0.1) is 0 Å². The first-order valence-electron chi connectivity index (χ1n) is 6.91. The maximum Gasteiger partial charge on any atom is -0.0132 e. The van der Waals surface area contributed by atoms with Crippen molar-refractivity contribution in [3.05, 3.63) is 35.9 Å². The highest BCUT2D eigenvalue weighted by Gasteiger charge is 2.26. The van der Waals surface area contributed by atoms with Crippen molar-refractivity contribution in [2.75, 3.05) is 0 Å². The molecule has 0 aliphatic heterocycles. The van der Waals surface area contributed by atoms with Crippen molar-refractivity contribution in [2.45, 2.75) is 75.2 Å². The van der Waals surface area contributed by atoms with Gasteiger partial charge in [-0.05, 0) is 21.8 Å². The third-order valence-corrected chi connectivity index (χ3v) is 3.89. The molecule has 0 heterocycles. The Morgan fingerprint density at radius 1 is 0.579 bits per heavy atom. The first-order valence-corrected chi connectivity index (χ1v) is 6.91. The van der Waals surface area contributed by atoms with Crippen LogP contribution in [-0.4, -0.2) is 0 Å². The molecule has 0 aliphatic rings. The van der Waals surface area contributed by atoms with Gasteiger partial charge in [0.15, 0.2) is 0 Å². The molecule has 0 amide bonds. The van der Waals surface area contributed by atoms with Gasteiger partial charge in [-0.25, -0.2) is 0 Å². The minimum absolute atomic E-state index is 0. The van der Waals surface area contributed by atoms with Gasteiger partial charge in [0.2, 0.25) is 0 Å². The number of rotatable bonds is 0. The summed E-state index contributed by atoms with van der Waals surface area (Å²) in [6, 6.07) is 10.6. The summed E-state index contributed by atoms with van der Waals surface area (Å²) >= 11 is 0. The van der Waals surface area contributed by atoms with Gasteiger partial charge in [-0.1, -0.05) is 100 Å². The van der Waals surface area contributed by atoms with Crippen LogP contribution in [-0.2, 0) is 5.41 Å². The van der Waals surface area contributed by atoms with Gasteiger partial charge in [0.25, 0.3) is 0 Å². The zero-order chi connectivity index (χ0) is 14.6. The molecule has 0 saturated carbocycles. The number of hydrogen-bond donors (Lipinski definition) is 0. The molecule has 0 fully saturated rings. The van der Waals surface area contributed by atoms with Crippen LogP contribution >= 0.6 is 0 Å². The summed E-state index contributed by atoms with van der Waals surface area (Å²) in [4.78, 5) is 0. The van der Waals surface area contributed by atoms with Crippen molar-refractivity contribution < 1.29 is 0 Å². The van der Waals surface area contributed by atoms with Crippen LogP contribution in [0.15, 0.2) is 30.3 Å². The third-order valence-electron chi connectivity index (χ3n) is 3.89. The highest BCUT2D eigenvalue weighted by Crippen LogP contribution is 2.36. The predicted octanol–water partition coefficient (Wildman–Crippen LogP) is 6.70. The lowest BCUT2D eigenvalue weighted by Crippen LogP contribution is -2.25. The average Bonchev–Trinajstić information content (AvgIpc) is 2.15. The Bertz CT molecular complexity index is 313. The molecule has 1 aromatic rings. The second kappa shape index (κ2) is 7.12. The van der Waals surface area contributed by atoms with E-state index < -0.39 is 0 Å². The van der Waals surface area contributed by atoms with Gasteiger partial charge in [-0.15, -0.1) is 0 Å². The van der Waals surface area contributed by atoms with Gasteiger partial charge >= 0.3 is 0 Å². The second-order valence-corrected chi connectivity index (χ2v) is 8.12. The van der Waals surface area contributed by atoms with Crippen LogP contribution in [0, 0.1) is 10.8 Å². The van der Waals surface area contributed by atoms with E-state index in [0.717, 1.165) is 0 Å². The quantitative estimate of drug-likeness (QED) is 0.489. The van der Waals surface area contributed by atoms with Crippen LogP contribution in [0.3, 0.4) is 0 Å². The molecule has 0 nitrogen and oxygen atoms in total. The van der Waals surface area contributed by atoms with Crippen LogP contribution in [0.4, 0.5) is 0 Å². The smallest absolute Gasteiger partial charge is 0.0132 e. The lowest BCUT2D eigenvalue weighted by Gasteiger charge is -2.34. The molecule has 0 heteroatoms. The van der Waals surface area contributed by atoms with Crippen LogP contribution < -0.4 is 0 Å². The Balaban J connectivity index is 0. The van der Waals surface area contributed by atoms with E-state index in [1.807, 2.05) is 0 Å². The van der Waals surface area contributed by atoms with E-state index in [4.69, 9.17) is 0 Å².